The van der Waals surface area contributed by atoms with Crippen LogP contribution < -0.4 is 15.0 Å². The number of sulfonamides is 1. The molecule has 248 valence electrons. The highest BCUT2D eigenvalue weighted by Gasteiger charge is 2.31. The highest BCUT2D eigenvalue weighted by molar-refractivity contribution is 7.89. The van der Waals surface area contributed by atoms with Crippen LogP contribution in [0.1, 0.15) is 71.6 Å². The SMILES string of the molecule is COc1ccc(N(Cc2cnccc2C)C2CCN([C@H](C)CCNC(=O)c3c(C)ccc(S(=O)(=O)N4CCCC4)c3C)CC2)cc1. The number of rotatable bonds is 12. The van der Waals surface area contributed by atoms with E-state index in [1.54, 1.807) is 26.2 Å². The molecule has 5 rings (SSSR count). The summed E-state index contributed by atoms with van der Waals surface area (Å²) >= 11 is 0. The quantitative estimate of drug-likeness (QED) is 0.278. The van der Waals surface area contributed by atoms with Gasteiger partial charge in [0.15, 0.2) is 0 Å². The molecule has 0 spiro atoms. The Balaban J connectivity index is 1.18. The first-order valence-electron chi connectivity index (χ1n) is 16.5. The first kappa shape index (κ1) is 33.9. The number of benzene rings is 2. The van der Waals surface area contributed by atoms with E-state index in [9.17, 15) is 13.2 Å². The van der Waals surface area contributed by atoms with E-state index in [1.807, 2.05) is 31.5 Å². The molecule has 46 heavy (non-hydrogen) atoms. The van der Waals surface area contributed by atoms with Crippen LogP contribution in [0, 0.1) is 20.8 Å². The highest BCUT2D eigenvalue weighted by atomic mass is 32.2. The van der Waals surface area contributed by atoms with Crippen molar-refractivity contribution in [1.82, 2.24) is 19.5 Å². The second-order valence-electron chi connectivity index (χ2n) is 12.8. The minimum atomic E-state index is -3.61. The zero-order valence-corrected chi connectivity index (χ0v) is 28.8. The summed E-state index contributed by atoms with van der Waals surface area (Å²) < 4.78 is 33.5. The van der Waals surface area contributed by atoms with Crippen LogP contribution in [-0.2, 0) is 16.6 Å². The van der Waals surface area contributed by atoms with Crippen molar-refractivity contribution in [2.75, 3.05) is 44.7 Å². The molecule has 0 bridgehead atoms. The fourth-order valence-corrected chi connectivity index (χ4v) is 8.62. The van der Waals surface area contributed by atoms with E-state index in [4.69, 9.17) is 4.74 Å². The van der Waals surface area contributed by atoms with Crippen molar-refractivity contribution in [3.63, 3.8) is 0 Å². The largest absolute Gasteiger partial charge is 0.497 e. The van der Waals surface area contributed by atoms with Crippen LogP contribution in [0.25, 0.3) is 0 Å². The van der Waals surface area contributed by atoms with Gasteiger partial charge in [-0.05, 0) is 118 Å². The number of methoxy groups -OCH3 is 1. The fourth-order valence-electron chi connectivity index (χ4n) is 6.88. The van der Waals surface area contributed by atoms with Gasteiger partial charge in [0.2, 0.25) is 10.0 Å². The molecule has 2 saturated heterocycles. The van der Waals surface area contributed by atoms with E-state index in [-0.39, 0.29) is 10.8 Å². The summed E-state index contributed by atoms with van der Waals surface area (Å²) in [5, 5.41) is 3.09. The number of piperidine rings is 1. The summed E-state index contributed by atoms with van der Waals surface area (Å²) in [6.45, 7) is 12.4. The van der Waals surface area contributed by atoms with Crippen LogP contribution in [0.3, 0.4) is 0 Å². The van der Waals surface area contributed by atoms with Crippen molar-refractivity contribution < 1.29 is 17.9 Å². The molecular formula is C36H49N5O4S. The number of nitrogens with zero attached hydrogens (tertiary/aromatic N) is 4. The number of anilines is 1. The summed E-state index contributed by atoms with van der Waals surface area (Å²) in [7, 11) is -1.92. The van der Waals surface area contributed by atoms with Crippen LogP contribution >= 0.6 is 0 Å². The number of aryl methyl sites for hydroxylation is 2. The molecule has 0 radical (unpaired) electrons. The second kappa shape index (κ2) is 15.0. The lowest BCUT2D eigenvalue weighted by atomic mass is 9.98. The molecular weight excluding hydrogens is 598 g/mol. The van der Waals surface area contributed by atoms with Crippen molar-refractivity contribution in [2.45, 2.75) is 83.3 Å². The van der Waals surface area contributed by atoms with Crippen molar-refractivity contribution in [2.24, 2.45) is 0 Å². The number of hydrogen-bond donors (Lipinski definition) is 1. The fraction of sp³-hybridized carbons (Fsp3) is 0.500. The average molecular weight is 648 g/mol. The molecule has 2 aromatic carbocycles. The number of likely N-dealkylation sites (tertiary alicyclic amines) is 1. The molecule has 2 fully saturated rings. The lowest BCUT2D eigenvalue weighted by Gasteiger charge is -2.42. The summed E-state index contributed by atoms with van der Waals surface area (Å²) in [6.07, 6.45) is 8.47. The number of pyridine rings is 1. The Morgan fingerprint density at radius 2 is 1.70 bits per heavy atom. The average Bonchev–Trinajstić information content (AvgIpc) is 3.61. The van der Waals surface area contributed by atoms with E-state index < -0.39 is 10.0 Å². The van der Waals surface area contributed by atoms with Crippen molar-refractivity contribution in [3.05, 3.63) is 82.7 Å². The Kier molecular flexibility index (Phi) is 11.0. The number of aromatic nitrogens is 1. The molecule has 0 unspecified atom stereocenters. The molecule has 1 atom stereocenters. The second-order valence-corrected chi connectivity index (χ2v) is 14.7. The van der Waals surface area contributed by atoms with Crippen molar-refractivity contribution in [1.29, 1.82) is 0 Å². The third kappa shape index (κ3) is 7.56. The van der Waals surface area contributed by atoms with E-state index >= 15 is 0 Å². The number of carbonyl (C=O) groups is 1. The van der Waals surface area contributed by atoms with Crippen LogP contribution in [0.5, 0.6) is 5.75 Å². The minimum Gasteiger partial charge on any atom is -0.497 e. The number of nitrogens with one attached hydrogen (secondary N) is 1. The van der Waals surface area contributed by atoms with Crippen LogP contribution in [0.4, 0.5) is 5.69 Å². The molecule has 0 aliphatic carbocycles. The van der Waals surface area contributed by atoms with Crippen molar-refractivity contribution >= 4 is 21.6 Å². The zero-order chi connectivity index (χ0) is 32.8. The molecule has 0 saturated carbocycles. The summed E-state index contributed by atoms with van der Waals surface area (Å²) in [5.74, 6) is 0.641. The van der Waals surface area contributed by atoms with E-state index in [0.29, 0.717) is 42.8 Å². The molecule has 1 aromatic heterocycles. The third-order valence-electron chi connectivity index (χ3n) is 9.84. The van der Waals surface area contributed by atoms with Gasteiger partial charge in [0.05, 0.1) is 12.0 Å². The van der Waals surface area contributed by atoms with E-state index in [0.717, 1.165) is 63.1 Å². The third-order valence-corrected chi connectivity index (χ3v) is 11.9. The van der Waals surface area contributed by atoms with Gasteiger partial charge in [-0.15, -0.1) is 0 Å². The lowest BCUT2D eigenvalue weighted by Crippen LogP contribution is -2.48. The first-order chi connectivity index (χ1) is 22.1. The first-order valence-corrected chi connectivity index (χ1v) is 18.0. The Hall–Kier alpha value is -3.47. The smallest absolute Gasteiger partial charge is 0.251 e. The van der Waals surface area contributed by atoms with Crippen LogP contribution in [-0.4, -0.2) is 80.4 Å². The van der Waals surface area contributed by atoms with Crippen molar-refractivity contribution in [3.8, 4) is 5.75 Å². The Morgan fingerprint density at radius 1 is 1.00 bits per heavy atom. The topological polar surface area (TPSA) is 95.1 Å². The molecule has 1 N–H and O–H groups in total. The molecule has 2 aliphatic rings. The zero-order valence-electron chi connectivity index (χ0n) is 28.0. The van der Waals surface area contributed by atoms with Gasteiger partial charge < -0.3 is 19.9 Å². The van der Waals surface area contributed by atoms with Gasteiger partial charge in [-0.1, -0.05) is 6.07 Å². The van der Waals surface area contributed by atoms with E-state index in [2.05, 4.69) is 52.1 Å². The van der Waals surface area contributed by atoms with Gasteiger partial charge in [-0.25, -0.2) is 8.42 Å². The summed E-state index contributed by atoms with van der Waals surface area (Å²) in [6, 6.07) is 14.5. The molecule has 3 heterocycles. The monoisotopic (exact) mass is 647 g/mol. The number of carbonyl (C=O) groups excluding carboxylic acids is 1. The predicted molar refractivity (Wildman–Crippen MR) is 183 cm³/mol. The van der Waals surface area contributed by atoms with Crippen LogP contribution in [0.2, 0.25) is 0 Å². The molecule has 1 amide bonds. The molecule has 9 nitrogen and oxygen atoms in total. The number of amides is 1. The maximum absolute atomic E-state index is 13.4. The van der Waals surface area contributed by atoms with E-state index in [1.165, 1.54) is 21.1 Å². The Bertz CT molecular complexity index is 1600. The Labute approximate surface area is 275 Å². The maximum atomic E-state index is 13.4. The summed E-state index contributed by atoms with van der Waals surface area (Å²) in [5.41, 5.74) is 5.44. The number of hydrogen-bond acceptors (Lipinski definition) is 7. The van der Waals surface area contributed by atoms with Gasteiger partial charge >= 0.3 is 0 Å². The lowest BCUT2D eigenvalue weighted by molar-refractivity contribution is 0.0943. The highest BCUT2D eigenvalue weighted by Crippen LogP contribution is 2.30. The normalized spacial score (nSPS) is 17.2. The number of ether oxygens (including phenoxy) is 1. The van der Waals surface area contributed by atoms with Gasteiger partial charge in [0, 0.05) is 75.0 Å². The van der Waals surface area contributed by atoms with Gasteiger partial charge in [0.1, 0.15) is 5.75 Å². The molecule has 10 heteroatoms. The van der Waals surface area contributed by atoms with Gasteiger partial charge in [-0.3, -0.25) is 9.78 Å². The maximum Gasteiger partial charge on any atom is 0.251 e. The van der Waals surface area contributed by atoms with Crippen LogP contribution in [0.15, 0.2) is 59.8 Å². The molecule has 3 aromatic rings. The van der Waals surface area contributed by atoms with Gasteiger partial charge in [0.25, 0.3) is 5.91 Å². The summed E-state index contributed by atoms with van der Waals surface area (Å²) in [4.78, 5) is 23.0. The minimum absolute atomic E-state index is 0.208. The standard InChI is InChI=1S/C36H49N5O4S/c1-26-14-18-37-24-30(26)25-41(31-9-11-33(45-5)12-10-31)32-16-22-39(23-17-32)28(3)15-19-38-36(42)35-27(2)8-13-34(29(35)4)46(43,44)40-20-6-7-21-40/h8-14,18,24,28,32H,6-7,15-17,19-23,25H2,1-5H3,(H,38,42)/t28-/m1/s1. The van der Waals surface area contributed by atoms with Gasteiger partial charge in [-0.2, -0.15) is 4.31 Å². The molecule has 2 aliphatic heterocycles. The predicted octanol–water partition coefficient (Wildman–Crippen LogP) is 5.48. The Morgan fingerprint density at radius 3 is 2.35 bits per heavy atom.